The molecule has 1 aliphatic rings. The van der Waals surface area contributed by atoms with Crippen molar-refractivity contribution in [2.75, 3.05) is 4.90 Å². The molecule has 32 heavy (non-hydrogen) atoms. The van der Waals surface area contributed by atoms with Crippen LogP contribution in [0.25, 0.3) is 10.2 Å². The van der Waals surface area contributed by atoms with E-state index in [1.165, 1.54) is 27.6 Å². The largest absolute Gasteiger partial charge is 0.503 e. The number of amides is 1. The van der Waals surface area contributed by atoms with E-state index in [1.807, 2.05) is 51.1 Å². The number of aliphatic hydroxyl groups excluding tert-OH is 1. The van der Waals surface area contributed by atoms with Crippen LogP contribution in [0.4, 0.5) is 5.13 Å². The molecule has 4 aromatic rings. The third kappa shape index (κ3) is 3.25. The molecule has 2 aromatic heterocycles. The molecule has 0 bridgehead atoms. The van der Waals surface area contributed by atoms with Crippen molar-refractivity contribution in [2.45, 2.75) is 26.8 Å². The van der Waals surface area contributed by atoms with Crippen LogP contribution in [0, 0.1) is 20.8 Å². The lowest BCUT2D eigenvalue weighted by Gasteiger charge is -2.24. The number of aromatic nitrogens is 1. The van der Waals surface area contributed by atoms with Crippen molar-refractivity contribution in [2.24, 2.45) is 0 Å². The van der Waals surface area contributed by atoms with Gasteiger partial charge in [-0.3, -0.25) is 14.5 Å². The number of carbonyl (C=O) groups excluding carboxylic acids is 2. The van der Waals surface area contributed by atoms with Crippen LogP contribution < -0.4 is 4.90 Å². The Labute approximate surface area is 193 Å². The summed E-state index contributed by atoms with van der Waals surface area (Å²) in [5, 5.41) is 13.1. The number of thiophene rings is 1. The van der Waals surface area contributed by atoms with Crippen molar-refractivity contribution in [1.29, 1.82) is 0 Å². The summed E-state index contributed by atoms with van der Waals surface area (Å²) >= 11 is 2.68. The maximum atomic E-state index is 13.4. The fourth-order valence-electron chi connectivity index (χ4n) is 4.10. The molecule has 0 radical (unpaired) electrons. The zero-order chi connectivity index (χ0) is 22.6. The van der Waals surface area contributed by atoms with E-state index in [1.54, 1.807) is 17.5 Å². The SMILES string of the molecule is Cc1ccc([C@H]2C(C(=O)c3cccs3)=C(O)C(=O)N2c2nc3c(C)cc(C)cc3s2)cc1. The van der Waals surface area contributed by atoms with E-state index in [2.05, 4.69) is 6.07 Å². The van der Waals surface area contributed by atoms with Gasteiger partial charge in [-0.25, -0.2) is 4.98 Å². The van der Waals surface area contributed by atoms with Crippen LogP contribution in [0.3, 0.4) is 0 Å². The number of thiazole rings is 1. The molecule has 0 unspecified atom stereocenters. The Kier molecular flexibility index (Phi) is 4.95. The van der Waals surface area contributed by atoms with Gasteiger partial charge in [-0.15, -0.1) is 11.3 Å². The average Bonchev–Trinajstić information content (AvgIpc) is 3.48. The molecule has 0 saturated heterocycles. The Hall–Kier alpha value is -3.29. The van der Waals surface area contributed by atoms with Gasteiger partial charge in [-0.1, -0.05) is 53.3 Å². The molecule has 2 aromatic carbocycles. The number of aliphatic hydroxyl groups is 1. The zero-order valence-corrected chi connectivity index (χ0v) is 19.4. The molecular formula is C25H20N2O3S2. The lowest BCUT2D eigenvalue weighted by Crippen LogP contribution is -2.30. The van der Waals surface area contributed by atoms with Gasteiger partial charge in [0.1, 0.15) is 0 Å². The van der Waals surface area contributed by atoms with Crippen LogP contribution in [0.2, 0.25) is 0 Å². The Morgan fingerprint density at radius 1 is 1.06 bits per heavy atom. The smallest absolute Gasteiger partial charge is 0.296 e. The predicted molar refractivity (Wildman–Crippen MR) is 129 cm³/mol. The average molecular weight is 461 g/mol. The first-order chi connectivity index (χ1) is 15.3. The maximum absolute atomic E-state index is 13.4. The molecule has 1 N–H and O–H groups in total. The van der Waals surface area contributed by atoms with Gasteiger partial charge in [0.15, 0.2) is 10.9 Å². The quantitative estimate of drug-likeness (QED) is 0.376. The summed E-state index contributed by atoms with van der Waals surface area (Å²) in [6.45, 7) is 5.99. The van der Waals surface area contributed by atoms with Crippen LogP contribution in [0.1, 0.15) is 38.0 Å². The second kappa shape index (κ2) is 7.69. The molecule has 1 aliphatic heterocycles. The minimum atomic E-state index is -0.750. The Morgan fingerprint density at radius 3 is 2.50 bits per heavy atom. The van der Waals surface area contributed by atoms with Crippen molar-refractivity contribution >= 4 is 49.7 Å². The van der Waals surface area contributed by atoms with Gasteiger partial charge in [0.25, 0.3) is 5.91 Å². The number of Topliss-reactive ketones (excluding diaryl/α,β-unsaturated/α-hetero) is 1. The minimum absolute atomic E-state index is 0.0912. The number of aryl methyl sites for hydroxylation is 3. The van der Waals surface area contributed by atoms with Gasteiger partial charge >= 0.3 is 0 Å². The van der Waals surface area contributed by atoms with Crippen molar-refractivity contribution in [3.63, 3.8) is 0 Å². The van der Waals surface area contributed by atoms with Crippen molar-refractivity contribution in [3.8, 4) is 0 Å². The van der Waals surface area contributed by atoms with Gasteiger partial charge in [-0.05, 0) is 55.0 Å². The van der Waals surface area contributed by atoms with E-state index in [-0.39, 0.29) is 11.4 Å². The zero-order valence-electron chi connectivity index (χ0n) is 17.7. The highest BCUT2D eigenvalue weighted by Gasteiger charge is 2.46. The third-order valence-corrected chi connectivity index (χ3v) is 7.49. The molecule has 160 valence electrons. The van der Waals surface area contributed by atoms with Gasteiger partial charge < -0.3 is 5.11 Å². The van der Waals surface area contributed by atoms with E-state index in [0.29, 0.717) is 10.0 Å². The van der Waals surface area contributed by atoms with Crippen molar-refractivity contribution in [1.82, 2.24) is 4.98 Å². The number of hydrogen-bond acceptors (Lipinski definition) is 6. The summed E-state index contributed by atoms with van der Waals surface area (Å²) in [5.74, 6) is -1.46. The first-order valence-electron chi connectivity index (χ1n) is 10.1. The van der Waals surface area contributed by atoms with E-state index in [0.717, 1.165) is 32.5 Å². The molecule has 1 amide bonds. The normalized spacial score (nSPS) is 16.4. The number of fused-ring (bicyclic) bond motifs is 1. The summed E-state index contributed by atoms with van der Waals surface area (Å²) in [6.07, 6.45) is 0. The number of anilines is 1. The fraction of sp³-hybridized carbons (Fsp3) is 0.160. The lowest BCUT2D eigenvalue weighted by molar-refractivity contribution is -0.117. The van der Waals surface area contributed by atoms with Gasteiger partial charge in [0, 0.05) is 0 Å². The number of benzene rings is 2. The van der Waals surface area contributed by atoms with Crippen molar-refractivity contribution < 1.29 is 14.7 Å². The van der Waals surface area contributed by atoms with E-state index in [4.69, 9.17) is 4.98 Å². The van der Waals surface area contributed by atoms with E-state index >= 15 is 0 Å². The topological polar surface area (TPSA) is 70.5 Å². The standard InChI is InChI=1S/C25H20N2O3S2/c1-13-6-8-16(9-7-13)21-19(22(28)17-5-4-10-31-17)23(29)24(30)27(21)25-26-20-15(3)11-14(2)12-18(20)32-25/h4-12,21,29H,1-3H3/t21-/m0/s1. The van der Waals surface area contributed by atoms with Gasteiger partial charge in [0.05, 0.1) is 26.7 Å². The number of ketones is 1. The first kappa shape index (κ1) is 20.6. The molecule has 0 spiro atoms. The first-order valence-corrected chi connectivity index (χ1v) is 11.8. The molecule has 0 aliphatic carbocycles. The predicted octanol–water partition coefficient (Wildman–Crippen LogP) is 6.07. The number of rotatable bonds is 4. The number of hydrogen-bond donors (Lipinski definition) is 1. The Morgan fingerprint density at radius 2 is 1.81 bits per heavy atom. The second-order valence-electron chi connectivity index (χ2n) is 7.98. The Bertz CT molecular complexity index is 1400. The highest BCUT2D eigenvalue weighted by molar-refractivity contribution is 7.22. The van der Waals surface area contributed by atoms with E-state index < -0.39 is 17.7 Å². The van der Waals surface area contributed by atoms with Crippen LogP contribution in [0.15, 0.2) is 65.2 Å². The number of nitrogens with zero attached hydrogens (tertiary/aromatic N) is 2. The maximum Gasteiger partial charge on any atom is 0.296 e. The summed E-state index contributed by atoms with van der Waals surface area (Å²) < 4.78 is 0.963. The fourth-order valence-corrected chi connectivity index (χ4v) is 5.95. The lowest BCUT2D eigenvalue weighted by atomic mass is 9.95. The molecule has 7 heteroatoms. The molecular weight excluding hydrogens is 440 g/mol. The molecule has 1 atom stereocenters. The molecule has 0 saturated carbocycles. The van der Waals surface area contributed by atoms with Crippen LogP contribution in [-0.4, -0.2) is 21.8 Å². The van der Waals surface area contributed by atoms with Crippen LogP contribution in [0.5, 0.6) is 0 Å². The van der Waals surface area contributed by atoms with Gasteiger partial charge in [0.2, 0.25) is 5.78 Å². The Balaban J connectivity index is 1.70. The highest BCUT2D eigenvalue weighted by atomic mass is 32.1. The third-order valence-electron chi connectivity index (χ3n) is 5.62. The van der Waals surface area contributed by atoms with Gasteiger partial charge in [-0.2, -0.15) is 0 Å². The number of carbonyl (C=O) groups is 2. The minimum Gasteiger partial charge on any atom is -0.503 e. The van der Waals surface area contributed by atoms with Crippen LogP contribution >= 0.6 is 22.7 Å². The summed E-state index contributed by atoms with van der Waals surface area (Å²) in [7, 11) is 0. The second-order valence-corrected chi connectivity index (χ2v) is 9.94. The molecule has 5 rings (SSSR count). The molecule has 0 fully saturated rings. The molecule has 3 heterocycles. The van der Waals surface area contributed by atoms with Crippen molar-refractivity contribution in [3.05, 3.63) is 92.4 Å². The van der Waals surface area contributed by atoms with E-state index in [9.17, 15) is 14.7 Å². The van der Waals surface area contributed by atoms with Crippen LogP contribution in [-0.2, 0) is 4.79 Å². The highest BCUT2D eigenvalue weighted by Crippen LogP contribution is 2.44. The monoisotopic (exact) mass is 460 g/mol. The molecule has 5 nitrogen and oxygen atoms in total. The summed E-state index contributed by atoms with van der Waals surface area (Å²) in [4.78, 5) is 33.4. The summed E-state index contributed by atoms with van der Waals surface area (Å²) in [6, 6.07) is 14.5. The summed E-state index contributed by atoms with van der Waals surface area (Å²) in [5.41, 5.74) is 4.86.